The number of carbonyl (C=O) groups is 2. The van der Waals surface area contributed by atoms with Crippen molar-refractivity contribution in [3.63, 3.8) is 0 Å². The number of nitrogens with zero attached hydrogens (tertiary/aromatic N) is 1. The highest BCUT2D eigenvalue weighted by atomic mass is 16.5. The van der Waals surface area contributed by atoms with Crippen molar-refractivity contribution in [2.24, 2.45) is 0 Å². The van der Waals surface area contributed by atoms with Gasteiger partial charge in [0.1, 0.15) is 17.5 Å². The van der Waals surface area contributed by atoms with Gasteiger partial charge in [-0.05, 0) is 63.4 Å². The summed E-state index contributed by atoms with van der Waals surface area (Å²) in [6, 6.07) is 12.7. The predicted octanol–water partition coefficient (Wildman–Crippen LogP) is 4.02. The van der Waals surface area contributed by atoms with Crippen molar-refractivity contribution in [1.29, 1.82) is 0 Å². The largest absolute Gasteiger partial charge is 0.497 e. The summed E-state index contributed by atoms with van der Waals surface area (Å²) in [5, 5.41) is 2.93. The van der Waals surface area contributed by atoms with Gasteiger partial charge in [-0.1, -0.05) is 36.8 Å². The first-order chi connectivity index (χ1) is 14.7. The minimum Gasteiger partial charge on any atom is -0.497 e. The second-order valence-electron chi connectivity index (χ2n) is 8.01. The predicted molar refractivity (Wildman–Crippen MR) is 122 cm³/mol. The normalized spacial score (nSPS) is 11.7. The van der Waals surface area contributed by atoms with Crippen LogP contribution in [-0.2, 0) is 16.1 Å². The van der Waals surface area contributed by atoms with Gasteiger partial charge in [0.2, 0.25) is 5.91 Å². The van der Waals surface area contributed by atoms with Crippen molar-refractivity contribution in [3.05, 3.63) is 59.2 Å². The van der Waals surface area contributed by atoms with Crippen LogP contribution in [0.1, 0.15) is 43.9 Å². The molecule has 6 heteroatoms. The molecular weight excluding hydrogens is 392 g/mol. The number of ether oxygens (including phenoxy) is 2. The molecule has 0 saturated carbocycles. The maximum absolute atomic E-state index is 13.2. The molecule has 2 rings (SSSR count). The van der Waals surface area contributed by atoms with Gasteiger partial charge in [-0.3, -0.25) is 9.59 Å². The molecule has 31 heavy (non-hydrogen) atoms. The number of benzene rings is 2. The fourth-order valence-corrected chi connectivity index (χ4v) is 3.41. The van der Waals surface area contributed by atoms with Gasteiger partial charge in [0.15, 0.2) is 6.61 Å². The van der Waals surface area contributed by atoms with Crippen molar-refractivity contribution < 1.29 is 19.1 Å². The van der Waals surface area contributed by atoms with Crippen molar-refractivity contribution >= 4 is 11.8 Å². The Morgan fingerprint density at radius 3 is 2.29 bits per heavy atom. The average Bonchev–Trinajstić information content (AvgIpc) is 2.72. The fraction of sp³-hybridized carbons (Fsp3) is 0.440. The van der Waals surface area contributed by atoms with Crippen LogP contribution in [0.4, 0.5) is 0 Å². The molecule has 0 aromatic heterocycles. The molecule has 2 amide bonds. The van der Waals surface area contributed by atoms with Crippen molar-refractivity contribution in [1.82, 2.24) is 10.2 Å². The molecule has 2 aromatic carbocycles. The smallest absolute Gasteiger partial charge is 0.261 e. The van der Waals surface area contributed by atoms with Gasteiger partial charge in [-0.25, -0.2) is 0 Å². The molecule has 0 fully saturated rings. The fourth-order valence-electron chi connectivity index (χ4n) is 3.41. The lowest BCUT2D eigenvalue weighted by atomic mass is 10.1. The summed E-state index contributed by atoms with van der Waals surface area (Å²) < 4.78 is 11.0. The molecule has 0 radical (unpaired) electrons. The summed E-state index contributed by atoms with van der Waals surface area (Å²) in [5.74, 6) is 1.01. The Labute approximate surface area is 185 Å². The maximum atomic E-state index is 13.2. The molecule has 168 valence electrons. The minimum atomic E-state index is -0.584. The van der Waals surface area contributed by atoms with Crippen molar-refractivity contribution in [2.45, 2.75) is 59.7 Å². The average molecular weight is 427 g/mol. The molecular formula is C25H34N2O4. The zero-order valence-corrected chi connectivity index (χ0v) is 19.4. The van der Waals surface area contributed by atoms with Crippen LogP contribution in [0.5, 0.6) is 11.5 Å². The van der Waals surface area contributed by atoms with Gasteiger partial charge in [0, 0.05) is 12.6 Å². The number of nitrogens with one attached hydrogen (secondary N) is 1. The van der Waals surface area contributed by atoms with E-state index in [1.807, 2.05) is 77.1 Å². The second kappa shape index (κ2) is 11.4. The first-order valence-electron chi connectivity index (χ1n) is 10.7. The molecule has 0 aliphatic carbocycles. The molecule has 1 N–H and O–H groups in total. The van der Waals surface area contributed by atoms with E-state index in [4.69, 9.17) is 9.47 Å². The van der Waals surface area contributed by atoms with E-state index >= 15 is 0 Å². The lowest BCUT2D eigenvalue weighted by Crippen LogP contribution is -2.51. The number of rotatable bonds is 10. The van der Waals surface area contributed by atoms with Crippen LogP contribution in [0.3, 0.4) is 0 Å². The van der Waals surface area contributed by atoms with Gasteiger partial charge >= 0.3 is 0 Å². The minimum absolute atomic E-state index is 0.00838. The Morgan fingerprint density at radius 2 is 1.74 bits per heavy atom. The van der Waals surface area contributed by atoms with E-state index in [1.165, 1.54) is 0 Å². The van der Waals surface area contributed by atoms with Crippen LogP contribution in [0.2, 0.25) is 0 Å². The first-order valence-corrected chi connectivity index (χ1v) is 10.7. The van der Waals surface area contributed by atoms with Crippen LogP contribution in [0.15, 0.2) is 42.5 Å². The monoisotopic (exact) mass is 426 g/mol. The molecule has 0 aliphatic rings. The number of methoxy groups -OCH3 is 1. The highest BCUT2D eigenvalue weighted by Gasteiger charge is 2.29. The van der Waals surface area contributed by atoms with Crippen LogP contribution < -0.4 is 14.8 Å². The lowest BCUT2D eigenvalue weighted by molar-refractivity contribution is -0.143. The molecule has 6 nitrogen and oxygen atoms in total. The quantitative estimate of drug-likeness (QED) is 0.623. The summed E-state index contributed by atoms with van der Waals surface area (Å²) in [7, 11) is 1.61. The van der Waals surface area contributed by atoms with E-state index in [0.717, 1.165) is 22.4 Å². The van der Waals surface area contributed by atoms with Crippen molar-refractivity contribution in [3.8, 4) is 11.5 Å². The van der Waals surface area contributed by atoms with Crippen molar-refractivity contribution in [2.75, 3.05) is 13.7 Å². The van der Waals surface area contributed by atoms with E-state index in [9.17, 15) is 9.59 Å². The van der Waals surface area contributed by atoms with Crippen LogP contribution in [0.25, 0.3) is 0 Å². The highest BCUT2D eigenvalue weighted by molar-refractivity contribution is 5.88. The number of hydrogen-bond donors (Lipinski definition) is 1. The highest BCUT2D eigenvalue weighted by Crippen LogP contribution is 2.20. The Hall–Kier alpha value is -3.02. The lowest BCUT2D eigenvalue weighted by Gasteiger charge is -2.31. The van der Waals surface area contributed by atoms with E-state index in [0.29, 0.717) is 18.7 Å². The Balaban J connectivity index is 2.23. The van der Waals surface area contributed by atoms with Crippen LogP contribution >= 0.6 is 0 Å². The molecule has 0 heterocycles. The van der Waals surface area contributed by atoms with Gasteiger partial charge in [-0.2, -0.15) is 0 Å². The zero-order chi connectivity index (χ0) is 23.0. The van der Waals surface area contributed by atoms with E-state index < -0.39 is 6.04 Å². The van der Waals surface area contributed by atoms with E-state index in [-0.39, 0.29) is 24.5 Å². The van der Waals surface area contributed by atoms with Gasteiger partial charge in [-0.15, -0.1) is 0 Å². The molecule has 1 atom stereocenters. The third kappa shape index (κ3) is 7.02. The number of hydrogen-bond acceptors (Lipinski definition) is 4. The summed E-state index contributed by atoms with van der Waals surface area (Å²) >= 11 is 0. The Kier molecular flexibility index (Phi) is 8.91. The summed E-state index contributed by atoms with van der Waals surface area (Å²) in [4.78, 5) is 27.6. The van der Waals surface area contributed by atoms with Gasteiger partial charge in [0.25, 0.3) is 5.91 Å². The number of aryl methyl sites for hydroxylation is 2. The molecule has 0 saturated heterocycles. The second-order valence-corrected chi connectivity index (χ2v) is 8.01. The molecule has 2 aromatic rings. The molecule has 0 bridgehead atoms. The number of carbonyl (C=O) groups excluding carboxylic acids is 2. The molecule has 0 unspecified atom stereocenters. The van der Waals surface area contributed by atoms with Gasteiger partial charge < -0.3 is 19.7 Å². The Bertz CT molecular complexity index is 878. The summed E-state index contributed by atoms with van der Waals surface area (Å²) in [6.45, 7) is 9.86. The van der Waals surface area contributed by atoms with E-state index in [2.05, 4.69) is 5.32 Å². The van der Waals surface area contributed by atoms with E-state index in [1.54, 1.807) is 12.0 Å². The Morgan fingerprint density at radius 1 is 1.06 bits per heavy atom. The zero-order valence-electron chi connectivity index (χ0n) is 19.4. The molecule has 0 aliphatic heterocycles. The maximum Gasteiger partial charge on any atom is 0.261 e. The van der Waals surface area contributed by atoms with Crippen LogP contribution in [-0.4, -0.2) is 42.5 Å². The topological polar surface area (TPSA) is 67.9 Å². The third-order valence-electron chi connectivity index (χ3n) is 5.01. The standard InChI is InChI=1S/C25H34N2O4/c1-7-22(25(29)26-17(2)3)27(15-20-9-11-21(30-6)12-10-20)24(28)16-31-23-13-8-18(4)14-19(23)5/h8-14,17,22H,7,15-16H2,1-6H3,(H,26,29)/t22-/m0/s1. The third-order valence-corrected chi connectivity index (χ3v) is 5.01. The first kappa shape index (κ1) is 24.3. The summed E-state index contributed by atoms with van der Waals surface area (Å²) in [5.41, 5.74) is 3.02. The number of amides is 2. The van der Waals surface area contributed by atoms with Gasteiger partial charge in [0.05, 0.1) is 7.11 Å². The molecule has 0 spiro atoms. The van der Waals surface area contributed by atoms with Crippen LogP contribution in [0, 0.1) is 13.8 Å². The summed E-state index contributed by atoms with van der Waals surface area (Å²) in [6.07, 6.45) is 0.504. The SMILES string of the molecule is CC[C@@H](C(=O)NC(C)C)N(Cc1ccc(OC)cc1)C(=O)COc1ccc(C)cc1C.